The molecule has 0 saturated carbocycles. The van der Waals surface area contributed by atoms with Crippen LogP contribution in [0, 0.1) is 224 Å². The van der Waals surface area contributed by atoms with Gasteiger partial charge in [0.2, 0.25) is 0 Å². The highest BCUT2D eigenvalue weighted by Gasteiger charge is 2.56. The second-order valence-electron chi connectivity index (χ2n) is 55.6. The quantitative estimate of drug-likeness (QED) is 0.133. The standard InChI is InChI=1S/C35H44.2C29H38.C27H36.C24H30/c1-16-18(3)22(7)28-26(20(16)5)24(9)32-31-30(28)29-23(8)19(4)17(2)21(6)27(29)25(10)33(31)35(13,14)15-34(32,11)12;2*1-14-15(2)18(5)23-22(17(14)4)21(8)27-25-24(23)19(6)16(3)20(7)26(25)28(9,10)13-29(27,11)12;1-13-14(2)20-16(4)18(6)24-23-22(20)21(15(13)3)17(5)19(7)25(23)27(10,11)12-26(24,8)9;1-11-12(2)18-14(4)16(6)22-20-19(18)17(11)13(3)15(5)21(20)23(7,8)24(22,9)10/h15H2,1-14H3;2*13H2,1-12H3;22H,12H2,1-11H3;1-10H3. The summed E-state index contributed by atoms with van der Waals surface area (Å²) in [6, 6.07) is 0. The first-order valence-electron chi connectivity index (χ1n) is 55.7. The van der Waals surface area contributed by atoms with Crippen molar-refractivity contribution in [3.8, 4) is 0 Å². The fourth-order valence-electron chi connectivity index (χ4n) is 35.7. The van der Waals surface area contributed by atoms with E-state index in [0.29, 0.717) is 5.92 Å². The molecule has 0 amide bonds. The van der Waals surface area contributed by atoms with E-state index in [1.54, 1.807) is 99.3 Å². The summed E-state index contributed by atoms with van der Waals surface area (Å²) in [4.78, 5) is 0. The topological polar surface area (TPSA) is 0 Å². The molecule has 9 aliphatic carbocycles. The Labute approximate surface area is 874 Å². The molecule has 144 heavy (non-hydrogen) atoms. The van der Waals surface area contributed by atoms with Crippen molar-refractivity contribution in [1.29, 1.82) is 0 Å². The molecule has 0 aromatic heterocycles. The molecule has 0 aliphatic heterocycles. The molecule has 0 heteroatoms. The predicted molar refractivity (Wildman–Crippen MR) is 642 cm³/mol. The summed E-state index contributed by atoms with van der Waals surface area (Å²) >= 11 is 0. The molecule has 9 aliphatic rings. The molecule has 1 unspecified atom stereocenters. The number of hydrogen-bond acceptors (Lipinski definition) is 0. The monoisotopic (exact) mass is 1920 g/mol. The van der Waals surface area contributed by atoms with Crippen molar-refractivity contribution in [2.45, 2.75) is 478 Å². The largest absolute Gasteiger partial charge is 0.0558 e. The number of aryl methyl sites for hydroxylation is 14. The van der Waals surface area contributed by atoms with Crippen LogP contribution in [0.4, 0.5) is 0 Å². The van der Waals surface area contributed by atoms with Gasteiger partial charge in [-0.05, 0) is 737 Å². The first-order valence-corrected chi connectivity index (χ1v) is 55.7. The lowest BCUT2D eigenvalue weighted by Crippen LogP contribution is -2.42. The minimum absolute atomic E-state index is 0.120. The minimum atomic E-state index is 0.120. The van der Waals surface area contributed by atoms with Crippen LogP contribution in [0.3, 0.4) is 0 Å². The highest BCUT2D eigenvalue weighted by atomic mass is 14.6. The molecule has 1 atom stereocenters. The van der Waals surface area contributed by atoms with E-state index in [1.807, 2.05) is 0 Å². The first-order chi connectivity index (χ1) is 65.8. The van der Waals surface area contributed by atoms with E-state index >= 15 is 0 Å². The molecular formula is C144H186. The number of rotatable bonds is 0. The SMILES string of the molecule is CC1=C(C)C2=C(C)C(C)=C3C4=C(C(C)=C(C)C(=C1C)C24)C(C)(C)CC3(C)C.CC1=C(C)c2c(C)c(C)c3c4c(c(C)c(C)c1c24)C(C)(C)C3(C)C.Cc1c(C)c(C)c2c(c1C)c(C)c1c3c(c(C)c(C)c(C)c32)C(C)(C)CC1(C)C.Cc1c(C)c(C)c2c(c1C)c(C)c1c3c(c(C)c(C)c(C)c32)C(C)(C)CC1(C)C.Cc1c(C)c(C)c2c(c1C)c(C)c1c3c(c(C)c4c(C)c(C)c(C)c(C)c4c32)C(C)(C)CC1(C)C. The number of allylic oxidation sites excluding steroid dienone is 14. The van der Waals surface area contributed by atoms with Gasteiger partial charge in [-0.1, -0.05) is 138 Å². The van der Waals surface area contributed by atoms with Crippen molar-refractivity contribution >= 4 is 97.3 Å². The maximum Gasteiger partial charge on any atom is 0.0356 e. The summed E-state index contributed by atoms with van der Waals surface area (Å²) in [5, 5.41) is 24.5. The third kappa shape index (κ3) is 13.6. The fraction of sp³-hybridized carbons (Fsp3) is 0.514. The van der Waals surface area contributed by atoms with Crippen molar-refractivity contribution in [3.05, 3.63) is 289 Å². The van der Waals surface area contributed by atoms with Crippen molar-refractivity contribution < 1.29 is 0 Å². The van der Waals surface area contributed by atoms with Crippen LogP contribution >= 0.6 is 0 Å². The summed E-state index contributed by atoms with van der Waals surface area (Å²) < 4.78 is 0. The van der Waals surface area contributed by atoms with Gasteiger partial charge in [0.1, 0.15) is 0 Å². The molecular weight excluding hydrogens is 1730 g/mol. The summed E-state index contributed by atoms with van der Waals surface area (Å²) in [7, 11) is 0. The van der Waals surface area contributed by atoms with Crippen LogP contribution in [0.2, 0.25) is 0 Å². The molecule has 0 spiro atoms. The van der Waals surface area contributed by atoms with Crippen LogP contribution < -0.4 is 0 Å². The summed E-state index contributed by atoms with van der Waals surface area (Å²) in [5.41, 5.74) is 83.7. The lowest BCUT2D eigenvalue weighted by Gasteiger charge is -2.54. The fourth-order valence-corrected chi connectivity index (χ4v) is 35.7. The van der Waals surface area contributed by atoms with Gasteiger partial charge in [0.15, 0.2) is 0 Å². The van der Waals surface area contributed by atoms with Crippen molar-refractivity contribution in [2.24, 2.45) is 16.7 Å². The van der Waals surface area contributed by atoms with Crippen LogP contribution in [0.25, 0.3) is 97.3 Å². The van der Waals surface area contributed by atoms with Crippen LogP contribution in [-0.2, 0) is 43.3 Å². The van der Waals surface area contributed by atoms with E-state index in [2.05, 4.69) is 409 Å². The van der Waals surface area contributed by atoms with E-state index in [0.717, 1.165) is 0 Å². The van der Waals surface area contributed by atoms with Gasteiger partial charge in [0.05, 0.1) is 0 Å². The van der Waals surface area contributed by atoms with E-state index in [1.165, 1.54) is 313 Å². The number of benzene rings is 12. The average Bonchev–Trinajstić information content (AvgIpc) is 1.54. The molecule has 0 radical (unpaired) electrons. The highest BCUT2D eigenvalue weighted by Crippen LogP contribution is 2.69. The van der Waals surface area contributed by atoms with Gasteiger partial charge in [0, 0.05) is 5.92 Å². The van der Waals surface area contributed by atoms with E-state index in [-0.39, 0.29) is 54.1 Å². The second kappa shape index (κ2) is 33.0. The van der Waals surface area contributed by atoms with Crippen LogP contribution in [0.15, 0.2) is 66.9 Å². The molecule has 0 bridgehead atoms. The zero-order chi connectivity index (χ0) is 108. The summed E-state index contributed by atoms with van der Waals surface area (Å²) in [5.74, 6) is 0.449. The lowest BCUT2D eigenvalue weighted by molar-refractivity contribution is 0.245. The van der Waals surface area contributed by atoms with E-state index in [9.17, 15) is 0 Å². The Balaban J connectivity index is 0.000000124. The Morgan fingerprint density at radius 2 is 0.319 bits per heavy atom. The molecule has 12 aromatic carbocycles. The van der Waals surface area contributed by atoms with Gasteiger partial charge in [-0.2, -0.15) is 0 Å². The third-order valence-corrected chi connectivity index (χ3v) is 43.7. The van der Waals surface area contributed by atoms with Crippen LogP contribution in [-0.4, -0.2) is 0 Å². The first kappa shape index (κ1) is 106. The Hall–Kier alpha value is -9.10. The Bertz CT molecular complexity index is 7920. The average molecular weight is 1920 g/mol. The second-order valence-corrected chi connectivity index (χ2v) is 55.6. The minimum Gasteiger partial charge on any atom is -0.0558 e. The lowest BCUT2D eigenvalue weighted by atomic mass is 9.49. The third-order valence-electron chi connectivity index (χ3n) is 43.7. The van der Waals surface area contributed by atoms with Crippen LogP contribution in [0.1, 0.15) is 449 Å². The van der Waals surface area contributed by atoms with E-state index < -0.39 is 0 Å². The van der Waals surface area contributed by atoms with Crippen molar-refractivity contribution in [1.82, 2.24) is 0 Å². The predicted octanol–water partition coefficient (Wildman–Crippen LogP) is 42.0. The maximum absolute atomic E-state index is 2.49. The zero-order valence-electron chi connectivity index (χ0n) is 102. The molecule has 0 saturated heterocycles. The van der Waals surface area contributed by atoms with Crippen molar-refractivity contribution in [2.75, 3.05) is 0 Å². The van der Waals surface area contributed by atoms with E-state index in [4.69, 9.17) is 0 Å². The number of fused-ring (bicyclic) bond motifs is 8. The van der Waals surface area contributed by atoms with Gasteiger partial charge in [-0.15, -0.1) is 0 Å². The Kier molecular flexibility index (Phi) is 24.3. The van der Waals surface area contributed by atoms with Gasteiger partial charge in [-0.25, -0.2) is 0 Å². The Morgan fingerprint density at radius 3 is 0.597 bits per heavy atom. The highest BCUT2D eigenvalue weighted by molar-refractivity contribution is 6.28. The smallest absolute Gasteiger partial charge is 0.0356 e. The summed E-state index contributed by atoms with van der Waals surface area (Å²) in [6.45, 7) is 141. The van der Waals surface area contributed by atoms with Crippen LogP contribution in [0.5, 0.6) is 0 Å². The zero-order valence-corrected chi connectivity index (χ0v) is 102. The molecule has 762 valence electrons. The molecule has 21 rings (SSSR count). The molecule has 0 nitrogen and oxygen atoms in total. The molecule has 0 N–H and O–H groups in total. The normalized spacial score (nSPS) is 19.8. The van der Waals surface area contributed by atoms with Gasteiger partial charge in [-0.3, -0.25) is 0 Å². The Morgan fingerprint density at radius 1 is 0.125 bits per heavy atom. The van der Waals surface area contributed by atoms with Gasteiger partial charge in [0.25, 0.3) is 0 Å². The maximum atomic E-state index is 2.49. The van der Waals surface area contributed by atoms with Gasteiger partial charge >= 0.3 is 0 Å². The molecule has 0 fully saturated rings. The number of hydrogen-bond donors (Lipinski definition) is 0. The molecule has 12 aromatic rings. The van der Waals surface area contributed by atoms with Crippen molar-refractivity contribution in [3.63, 3.8) is 0 Å². The molecule has 0 heterocycles. The van der Waals surface area contributed by atoms with Gasteiger partial charge < -0.3 is 0 Å². The summed E-state index contributed by atoms with van der Waals surface area (Å²) in [6.07, 6.45) is 4.78.